The molecule has 7 heteroatoms. The monoisotopic (exact) mass is 338 g/mol. The lowest BCUT2D eigenvalue weighted by molar-refractivity contribution is 0.0701. The second kappa shape index (κ2) is 5.40. The zero-order valence-electron chi connectivity index (χ0n) is 11.1. The summed E-state index contributed by atoms with van der Waals surface area (Å²) in [6, 6.07) is 1.69. The lowest BCUT2D eigenvalue weighted by Crippen LogP contribution is -2.39. The first kappa shape index (κ1) is 13.4. The normalized spacial score (nSPS) is 19.3. The summed E-state index contributed by atoms with van der Waals surface area (Å²) in [5.74, 6) is 1.18. The van der Waals surface area contributed by atoms with Gasteiger partial charge in [0, 0.05) is 26.1 Å². The Morgan fingerprint density at radius 1 is 1.55 bits per heavy atom. The van der Waals surface area contributed by atoms with Crippen molar-refractivity contribution in [1.82, 2.24) is 19.7 Å². The van der Waals surface area contributed by atoms with Crippen molar-refractivity contribution in [2.24, 2.45) is 7.05 Å². The van der Waals surface area contributed by atoms with E-state index in [1.165, 1.54) is 6.26 Å². The summed E-state index contributed by atoms with van der Waals surface area (Å²) in [6.45, 7) is 1.44. The van der Waals surface area contributed by atoms with Crippen molar-refractivity contribution in [1.29, 1.82) is 0 Å². The summed E-state index contributed by atoms with van der Waals surface area (Å²) in [5, 5.41) is 8.08. The van der Waals surface area contributed by atoms with E-state index in [1.807, 2.05) is 16.5 Å². The van der Waals surface area contributed by atoms with Crippen molar-refractivity contribution in [3.8, 4) is 0 Å². The molecule has 0 saturated carbocycles. The predicted octanol–water partition coefficient (Wildman–Crippen LogP) is 2.19. The zero-order chi connectivity index (χ0) is 14.1. The van der Waals surface area contributed by atoms with Gasteiger partial charge in [0.05, 0.1) is 11.8 Å². The molecule has 2 aromatic heterocycles. The Bertz CT molecular complexity index is 621. The molecule has 20 heavy (non-hydrogen) atoms. The number of carbonyl (C=O) groups excluding carboxylic acids is 1. The summed E-state index contributed by atoms with van der Waals surface area (Å²) in [5.41, 5.74) is 0.573. The molecule has 0 radical (unpaired) electrons. The Morgan fingerprint density at radius 3 is 3.05 bits per heavy atom. The van der Waals surface area contributed by atoms with Crippen LogP contribution in [0.15, 0.2) is 27.7 Å². The van der Waals surface area contributed by atoms with E-state index < -0.39 is 0 Å². The summed E-state index contributed by atoms with van der Waals surface area (Å²) in [6.07, 6.45) is 5.21. The van der Waals surface area contributed by atoms with Gasteiger partial charge in [-0.3, -0.25) is 4.79 Å². The van der Waals surface area contributed by atoms with E-state index >= 15 is 0 Å². The van der Waals surface area contributed by atoms with Gasteiger partial charge in [0.25, 0.3) is 5.91 Å². The van der Waals surface area contributed by atoms with Gasteiger partial charge in [-0.05, 0) is 34.8 Å². The van der Waals surface area contributed by atoms with E-state index in [9.17, 15) is 4.79 Å². The van der Waals surface area contributed by atoms with Crippen molar-refractivity contribution in [3.05, 3.63) is 34.7 Å². The van der Waals surface area contributed by atoms with Gasteiger partial charge in [-0.15, -0.1) is 10.2 Å². The second-order valence-electron chi connectivity index (χ2n) is 5.00. The topological polar surface area (TPSA) is 64.2 Å². The summed E-state index contributed by atoms with van der Waals surface area (Å²) >= 11 is 3.26. The van der Waals surface area contributed by atoms with Crippen molar-refractivity contribution in [2.75, 3.05) is 13.1 Å². The van der Waals surface area contributed by atoms with Gasteiger partial charge in [-0.2, -0.15) is 0 Å². The van der Waals surface area contributed by atoms with Gasteiger partial charge in [-0.25, -0.2) is 0 Å². The third-order valence-electron chi connectivity index (χ3n) is 3.67. The molecule has 6 nitrogen and oxygen atoms in total. The van der Waals surface area contributed by atoms with E-state index in [-0.39, 0.29) is 11.8 Å². The van der Waals surface area contributed by atoms with E-state index in [2.05, 4.69) is 26.1 Å². The van der Waals surface area contributed by atoms with Crippen LogP contribution in [0.1, 0.15) is 34.9 Å². The highest BCUT2D eigenvalue weighted by Gasteiger charge is 2.29. The number of piperidine rings is 1. The minimum absolute atomic E-state index is 0.00232. The lowest BCUT2D eigenvalue weighted by atomic mass is 9.96. The van der Waals surface area contributed by atoms with Crippen LogP contribution in [-0.4, -0.2) is 38.7 Å². The van der Waals surface area contributed by atoms with Crippen LogP contribution in [0.3, 0.4) is 0 Å². The van der Waals surface area contributed by atoms with Gasteiger partial charge in [-0.1, -0.05) is 0 Å². The summed E-state index contributed by atoms with van der Waals surface area (Å²) in [7, 11) is 1.93. The molecule has 1 saturated heterocycles. The highest BCUT2D eigenvalue weighted by Crippen LogP contribution is 2.27. The minimum Gasteiger partial charge on any atom is -0.457 e. The molecule has 0 spiro atoms. The molecule has 1 atom stereocenters. The van der Waals surface area contributed by atoms with Crippen molar-refractivity contribution < 1.29 is 9.21 Å². The van der Waals surface area contributed by atoms with E-state index in [0.717, 1.165) is 25.2 Å². The van der Waals surface area contributed by atoms with Crippen LogP contribution in [0.4, 0.5) is 0 Å². The largest absolute Gasteiger partial charge is 0.457 e. The number of aryl methyl sites for hydroxylation is 1. The van der Waals surface area contributed by atoms with Crippen LogP contribution in [0.2, 0.25) is 0 Å². The summed E-state index contributed by atoms with van der Waals surface area (Å²) in [4.78, 5) is 14.3. The van der Waals surface area contributed by atoms with Crippen LogP contribution in [0.5, 0.6) is 0 Å². The van der Waals surface area contributed by atoms with Crippen LogP contribution in [0, 0.1) is 0 Å². The third kappa shape index (κ3) is 2.37. The summed E-state index contributed by atoms with van der Waals surface area (Å²) < 4.78 is 7.55. The lowest BCUT2D eigenvalue weighted by Gasteiger charge is -2.32. The van der Waals surface area contributed by atoms with Crippen molar-refractivity contribution >= 4 is 21.8 Å². The maximum absolute atomic E-state index is 12.5. The van der Waals surface area contributed by atoms with Crippen LogP contribution < -0.4 is 0 Å². The number of aromatic nitrogens is 3. The Hall–Kier alpha value is -1.63. The number of rotatable bonds is 2. The minimum atomic E-state index is -0.00232. The highest BCUT2D eigenvalue weighted by molar-refractivity contribution is 9.10. The first-order valence-corrected chi connectivity index (χ1v) is 7.32. The molecule has 1 fully saturated rings. The number of halogens is 1. The van der Waals surface area contributed by atoms with Gasteiger partial charge < -0.3 is 13.9 Å². The van der Waals surface area contributed by atoms with Gasteiger partial charge in [0.15, 0.2) is 4.67 Å². The van der Waals surface area contributed by atoms with Crippen molar-refractivity contribution in [3.63, 3.8) is 0 Å². The Kier molecular flexibility index (Phi) is 3.60. The van der Waals surface area contributed by atoms with Crippen LogP contribution in [0.25, 0.3) is 0 Å². The first-order chi connectivity index (χ1) is 9.66. The quantitative estimate of drug-likeness (QED) is 0.841. The fourth-order valence-corrected chi connectivity index (χ4v) is 3.06. The number of hydrogen-bond acceptors (Lipinski definition) is 4. The number of likely N-dealkylation sites (tertiary alicyclic amines) is 1. The molecule has 1 aliphatic heterocycles. The smallest absolute Gasteiger partial charge is 0.258 e. The molecule has 2 aromatic rings. The number of hydrogen-bond donors (Lipinski definition) is 0. The Morgan fingerprint density at radius 2 is 2.40 bits per heavy atom. The Labute approximate surface area is 124 Å². The average Bonchev–Trinajstić information content (AvgIpc) is 3.07. The maximum atomic E-state index is 12.5. The molecule has 3 rings (SSSR count). The molecule has 0 bridgehead atoms. The Balaban J connectivity index is 1.77. The average molecular weight is 339 g/mol. The molecular formula is C13H15BrN4O2. The molecule has 106 valence electrons. The molecular weight excluding hydrogens is 324 g/mol. The number of furan rings is 1. The third-order valence-corrected chi connectivity index (χ3v) is 4.28. The predicted molar refractivity (Wildman–Crippen MR) is 75.3 cm³/mol. The number of nitrogens with zero attached hydrogens (tertiary/aromatic N) is 4. The molecule has 3 heterocycles. The van der Waals surface area contributed by atoms with E-state index in [0.29, 0.717) is 16.8 Å². The SMILES string of the molecule is Cn1cnnc1C1CCCN(C(=O)c2ccoc2Br)C1. The van der Waals surface area contributed by atoms with Crippen molar-refractivity contribution in [2.45, 2.75) is 18.8 Å². The second-order valence-corrected chi connectivity index (χ2v) is 5.72. The van der Waals surface area contributed by atoms with Gasteiger partial charge in [0.2, 0.25) is 0 Å². The fourth-order valence-electron chi connectivity index (χ4n) is 2.65. The van der Waals surface area contributed by atoms with Crippen LogP contribution >= 0.6 is 15.9 Å². The molecule has 0 aliphatic carbocycles. The standard InChI is InChI=1S/C13H15BrN4O2/c1-17-8-15-16-12(17)9-3-2-5-18(7-9)13(19)10-4-6-20-11(10)14/h4,6,8-9H,2-3,5,7H2,1H3. The molecule has 1 aliphatic rings. The molecule has 1 amide bonds. The number of carbonyl (C=O) groups is 1. The first-order valence-electron chi connectivity index (χ1n) is 6.53. The van der Waals surface area contributed by atoms with E-state index in [1.54, 1.807) is 12.4 Å². The molecule has 1 unspecified atom stereocenters. The van der Waals surface area contributed by atoms with Gasteiger partial charge >= 0.3 is 0 Å². The van der Waals surface area contributed by atoms with Crippen LogP contribution in [-0.2, 0) is 7.05 Å². The van der Waals surface area contributed by atoms with E-state index in [4.69, 9.17) is 4.42 Å². The zero-order valence-corrected chi connectivity index (χ0v) is 12.7. The highest BCUT2D eigenvalue weighted by atomic mass is 79.9. The molecule has 0 N–H and O–H groups in total. The molecule has 0 aromatic carbocycles. The van der Waals surface area contributed by atoms with Gasteiger partial charge in [0.1, 0.15) is 12.2 Å². The number of amides is 1. The fraction of sp³-hybridized carbons (Fsp3) is 0.462. The maximum Gasteiger partial charge on any atom is 0.258 e.